The number of esters is 1. The minimum absolute atomic E-state index is 0.0214. The van der Waals surface area contributed by atoms with E-state index >= 15 is 0 Å². The summed E-state index contributed by atoms with van der Waals surface area (Å²) in [5.74, 6) is -0.575. The van der Waals surface area contributed by atoms with Gasteiger partial charge < -0.3 is 35.6 Å². The molecule has 6 atom stereocenters. The Hall–Kier alpha value is -2.88. The van der Waals surface area contributed by atoms with Crippen molar-refractivity contribution >= 4 is 22.9 Å². The fourth-order valence-electron chi connectivity index (χ4n) is 4.18. The monoisotopic (exact) mass is 466 g/mol. The highest BCUT2D eigenvalue weighted by atomic mass is 16.6. The molecular weight excluding hydrogens is 440 g/mol. The van der Waals surface area contributed by atoms with Gasteiger partial charge in [0.1, 0.15) is 24.4 Å². The van der Waals surface area contributed by atoms with Crippen LogP contribution in [0.1, 0.15) is 17.6 Å². The minimum Gasteiger partial charge on any atom is -0.468 e. The molecule has 14 heteroatoms. The van der Waals surface area contributed by atoms with Crippen LogP contribution in [0.3, 0.4) is 0 Å². The molecule has 2 unspecified atom stereocenters. The number of carbonyl (C=O) groups is 1. The largest absolute Gasteiger partial charge is 0.468 e. The molecule has 0 bridgehead atoms. The molecule has 3 aromatic heterocycles. The van der Waals surface area contributed by atoms with Gasteiger partial charge in [-0.25, -0.2) is 14.4 Å². The summed E-state index contributed by atoms with van der Waals surface area (Å²) < 4.78 is 14.4. The molecule has 1 aliphatic heterocycles. The zero-order valence-corrected chi connectivity index (χ0v) is 18.2. The number of fused-ring (bicyclic) bond motifs is 2. The SMILES string of the molecule is COC(=O)C(N)C(O)Cc1c(C)nc2n(C)c3c(ncn3[C@@H]3O[C@H](CO)[C@@H](O)[C@H]3O)c(=O)n12. The van der Waals surface area contributed by atoms with E-state index in [0.29, 0.717) is 11.4 Å². The predicted octanol–water partition coefficient (Wildman–Crippen LogP) is -3.29. The van der Waals surface area contributed by atoms with Crippen molar-refractivity contribution < 1.29 is 34.7 Å². The first-order valence-corrected chi connectivity index (χ1v) is 10.2. The molecule has 0 aromatic carbocycles. The summed E-state index contributed by atoms with van der Waals surface area (Å²) in [6.07, 6.45) is -4.95. The number of aryl methyl sites for hydroxylation is 2. The van der Waals surface area contributed by atoms with Crippen molar-refractivity contribution in [2.24, 2.45) is 12.8 Å². The van der Waals surface area contributed by atoms with Crippen LogP contribution in [0.2, 0.25) is 0 Å². The lowest BCUT2D eigenvalue weighted by atomic mass is 10.1. The van der Waals surface area contributed by atoms with E-state index in [4.69, 9.17) is 10.5 Å². The molecule has 1 saturated heterocycles. The molecule has 6 N–H and O–H groups in total. The number of ether oxygens (including phenoxy) is 2. The third-order valence-corrected chi connectivity index (χ3v) is 6.03. The molecule has 1 aliphatic rings. The quantitative estimate of drug-likeness (QED) is 0.228. The number of nitrogens with zero attached hydrogens (tertiary/aromatic N) is 5. The topological polar surface area (TPSA) is 200 Å². The molecule has 180 valence electrons. The van der Waals surface area contributed by atoms with E-state index in [0.717, 1.165) is 7.11 Å². The second-order valence-corrected chi connectivity index (χ2v) is 8.02. The number of hydrogen-bond acceptors (Lipinski definition) is 11. The van der Waals surface area contributed by atoms with Crippen LogP contribution in [-0.4, -0.2) is 94.1 Å². The summed E-state index contributed by atoms with van der Waals surface area (Å²) >= 11 is 0. The highest BCUT2D eigenvalue weighted by Gasteiger charge is 2.44. The maximum Gasteiger partial charge on any atom is 0.325 e. The van der Waals surface area contributed by atoms with E-state index in [1.54, 1.807) is 18.5 Å². The molecule has 0 radical (unpaired) electrons. The molecule has 0 amide bonds. The average molecular weight is 466 g/mol. The van der Waals surface area contributed by atoms with Crippen molar-refractivity contribution in [1.29, 1.82) is 0 Å². The number of methoxy groups -OCH3 is 1. The molecule has 14 nitrogen and oxygen atoms in total. The van der Waals surface area contributed by atoms with Crippen molar-refractivity contribution in [3.8, 4) is 0 Å². The lowest BCUT2D eigenvalue weighted by molar-refractivity contribution is -0.144. The van der Waals surface area contributed by atoms with Crippen molar-refractivity contribution in [3.05, 3.63) is 28.1 Å². The molecule has 4 rings (SSSR count). The van der Waals surface area contributed by atoms with Gasteiger partial charge >= 0.3 is 5.97 Å². The number of carbonyl (C=O) groups excluding carboxylic acids is 1. The first kappa shape index (κ1) is 23.3. The maximum absolute atomic E-state index is 13.3. The number of rotatable bonds is 6. The minimum atomic E-state index is -1.36. The Labute approximate surface area is 186 Å². The van der Waals surface area contributed by atoms with Crippen molar-refractivity contribution in [2.75, 3.05) is 13.7 Å². The highest BCUT2D eigenvalue weighted by Crippen LogP contribution is 2.31. The third-order valence-electron chi connectivity index (χ3n) is 6.03. The number of aliphatic hydroxyl groups is 4. The fourth-order valence-corrected chi connectivity index (χ4v) is 4.18. The normalized spacial score (nSPS) is 25.1. The molecule has 3 aromatic rings. The van der Waals surface area contributed by atoms with Crippen molar-refractivity contribution in [3.63, 3.8) is 0 Å². The standard InChI is InChI=1S/C19H26N6O8/c1-7-8(4-9(27)11(20)18(31)32-3)25-16(30)12-15(23(2)19(25)22-7)24(6-21-12)17-14(29)13(28)10(5-26)33-17/h6,9-11,13-14,17,26-29H,4-5,20H2,1-3H3/t9?,10-,11?,13-,14-,17-/m1/s1. The van der Waals surface area contributed by atoms with Crippen LogP contribution in [0.4, 0.5) is 0 Å². The van der Waals surface area contributed by atoms with Gasteiger partial charge in [0, 0.05) is 13.5 Å². The van der Waals surface area contributed by atoms with Crippen molar-refractivity contribution in [2.45, 2.75) is 50.0 Å². The number of aliphatic hydroxyl groups excluding tert-OH is 4. The summed E-state index contributed by atoms with van der Waals surface area (Å²) in [6, 6.07) is -1.31. The Balaban J connectivity index is 1.83. The average Bonchev–Trinajstić information content (AvgIpc) is 3.46. The van der Waals surface area contributed by atoms with Crippen LogP contribution in [0.15, 0.2) is 11.1 Å². The van der Waals surface area contributed by atoms with Crippen LogP contribution in [0.5, 0.6) is 0 Å². The zero-order chi connectivity index (χ0) is 24.2. The van der Waals surface area contributed by atoms with Crippen LogP contribution < -0.4 is 11.3 Å². The Morgan fingerprint density at radius 3 is 2.67 bits per heavy atom. The Morgan fingerprint density at radius 2 is 2.06 bits per heavy atom. The number of nitrogens with two attached hydrogens (primary N) is 1. The van der Waals surface area contributed by atoms with Crippen molar-refractivity contribution in [1.82, 2.24) is 23.5 Å². The number of aromatic nitrogens is 5. The van der Waals surface area contributed by atoms with E-state index < -0.39 is 54.8 Å². The smallest absolute Gasteiger partial charge is 0.325 e. The van der Waals surface area contributed by atoms with Gasteiger partial charge in [-0.3, -0.25) is 18.7 Å². The third kappa shape index (κ3) is 3.51. The van der Waals surface area contributed by atoms with Gasteiger partial charge in [0.25, 0.3) is 5.56 Å². The molecule has 0 spiro atoms. The Morgan fingerprint density at radius 1 is 1.36 bits per heavy atom. The molecule has 4 heterocycles. The van der Waals surface area contributed by atoms with Gasteiger partial charge in [0.15, 0.2) is 17.4 Å². The second-order valence-electron chi connectivity index (χ2n) is 8.02. The first-order valence-electron chi connectivity index (χ1n) is 10.2. The molecule has 33 heavy (non-hydrogen) atoms. The van der Waals surface area contributed by atoms with E-state index in [9.17, 15) is 30.0 Å². The number of hydrogen-bond donors (Lipinski definition) is 5. The Bertz CT molecular complexity index is 1260. The molecule has 1 fully saturated rings. The van der Waals surface area contributed by atoms with Crippen LogP contribution in [-0.2, 0) is 27.7 Å². The summed E-state index contributed by atoms with van der Waals surface area (Å²) in [6.45, 7) is 1.15. The van der Waals surface area contributed by atoms with Gasteiger partial charge in [-0.05, 0) is 6.92 Å². The molecule has 0 saturated carbocycles. The zero-order valence-electron chi connectivity index (χ0n) is 18.2. The van der Waals surface area contributed by atoms with Gasteiger partial charge in [0.05, 0.1) is 37.5 Å². The summed E-state index contributed by atoms with van der Waals surface area (Å²) in [5, 5.41) is 40.3. The van der Waals surface area contributed by atoms with E-state index in [2.05, 4.69) is 14.7 Å². The van der Waals surface area contributed by atoms with Gasteiger partial charge in [-0.1, -0.05) is 0 Å². The van der Waals surface area contributed by atoms with E-state index in [1.165, 1.54) is 15.3 Å². The first-order chi connectivity index (χ1) is 15.6. The maximum atomic E-state index is 13.3. The van der Waals surface area contributed by atoms with E-state index in [1.807, 2.05) is 0 Å². The Kier molecular flexibility index (Phi) is 5.98. The van der Waals surface area contributed by atoms with Gasteiger partial charge in [-0.15, -0.1) is 0 Å². The predicted molar refractivity (Wildman–Crippen MR) is 111 cm³/mol. The second kappa shape index (κ2) is 8.48. The summed E-state index contributed by atoms with van der Waals surface area (Å²) in [7, 11) is 2.79. The molecule has 0 aliphatic carbocycles. The van der Waals surface area contributed by atoms with Crippen LogP contribution in [0, 0.1) is 6.92 Å². The van der Waals surface area contributed by atoms with Gasteiger partial charge in [0.2, 0.25) is 5.78 Å². The van der Waals surface area contributed by atoms with Crippen LogP contribution >= 0.6 is 0 Å². The lowest BCUT2D eigenvalue weighted by Crippen LogP contribution is -2.44. The summed E-state index contributed by atoms with van der Waals surface area (Å²) in [5.41, 5.74) is 6.26. The fraction of sp³-hybridized carbons (Fsp3) is 0.579. The lowest BCUT2D eigenvalue weighted by Gasteiger charge is -2.19. The highest BCUT2D eigenvalue weighted by molar-refractivity contribution is 5.76. The van der Waals surface area contributed by atoms with E-state index in [-0.39, 0.29) is 23.4 Å². The summed E-state index contributed by atoms with van der Waals surface area (Å²) in [4.78, 5) is 33.6. The van der Waals surface area contributed by atoms with Gasteiger partial charge in [-0.2, -0.15) is 0 Å². The molecular formula is C19H26N6O8. The number of imidazole rings is 2. The van der Waals surface area contributed by atoms with Crippen LogP contribution in [0.25, 0.3) is 16.9 Å².